The maximum absolute atomic E-state index is 12.2. The zero-order valence-electron chi connectivity index (χ0n) is 14.7. The van der Waals surface area contributed by atoms with Crippen LogP contribution in [0.2, 0.25) is 0 Å². The van der Waals surface area contributed by atoms with E-state index in [2.05, 4.69) is 5.32 Å². The first-order valence-corrected chi connectivity index (χ1v) is 9.13. The molecule has 0 bridgehead atoms. The van der Waals surface area contributed by atoms with Crippen LogP contribution in [0.15, 0.2) is 60.2 Å². The Bertz CT molecular complexity index is 763. The summed E-state index contributed by atoms with van der Waals surface area (Å²) in [7, 11) is 0. The fraction of sp³-hybridized carbons (Fsp3) is 0.250. The first-order chi connectivity index (χ1) is 12.5. The van der Waals surface area contributed by atoms with Crippen LogP contribution in [0.1, 0.15) is 19.4 Å². The van der Waals surface area contributed by atoms with Gasteiger partial charge in [-0.2, -0.15) is 0 Å². The van der Waals surface area contributed by atoms with Crippen molar-refractivity contribution in [2.75, 3.05) is 6.61 Å². The van der Waals surface area contributed by atoms with Gasteiger partial charge >= 0.3 is 0 Å². The Morgan fingerprint density at radius 2 is 1.92 bits per heavy atom. The lowest BCUT2D eigenvalue weighted by molar-refractivity contribution is -0.119. The molecular formula is C20H21NO4S. The van der Waals surface area contributed by atoms with Crippen LogP contribution in [0, 0.1) is 0 Å². The second kappa shape index (κ2) is 9.77. The molecule has 1 heterocycles. The lowest BCUT2D eigenvalue weighted by Crippen LogP contribution is -2.25. The van der Waals surface area contributed by atoms with Gasteiger partial charge in [0.1, 0.15) is 5.75 Å². The van der Waals surface area contributed by atoms with E-state index in [-0.39, 0.29) is 23.5 Å². The van der Waals surface area contributed by atoms with Gasteiger partial charge in [0.05, 0.1) is 5.25 Å². The number of hydrogen-bond donors (Lipinski definition) is 1. The summed E-state index contributed by atoms with van der Waals surface area (Å²) >= 11 is 1.01. The summed E-state index contributed by atoms with van der Waals surface area (Å²) in [4.78, 5) is 35.0. The Kier molecular flexibility index (Phi) is 7.41. The molecule has 0 aliphatic carbocycles. The summed E-state index contributed by atoms with van der Waals surface area (Å²) in [5.41, 5.74) is 1.50. The molecule has 2 rings (SSSR count). The third kappa shape index (κ3) is 5.74. The van der Waals surface area contributed by atoms with Crippen LogP contribution in [-0.4, -0.2) is 28.8 Å². The van der Waals surface area contributed by atoms with E-state index in [1.165, 1.54) is 0 Å². The largest absolute Gasteiger partial charge is 0.485 e. The number of ether oxygens (including phenoxy) is 1. The number of benzene rings is 1. The Labute approximate surface area is 157 Å². The third-order valence-electron chi connectivity index (χ3n) is 3.62. The van der Waals surface area contributed by atoms with Gasteiger partial charge in [0.25, 0.3) is 5.24 Å². The lowest BCUT2D eigenvalue weighted by atomic mass is 10.1. The number of hydrogen-bond acceptors (Lipinski definition) is 5. The summed E-state index contributed by atoms with van der Waals surface area (Å²) in [6.07, 6.45) is 9.44. The standard InChI is InChI=1S/C20H21NO4S/c1-3-5-7-15(6-4-2)17(22)13-25-16-10-8-14(9-11-16)12-18-19(23)21-20(24)26-18/h3-11,18H,12-13H2,1-2H3,(H,21,23,24)/b5-3-,6-4-,15-7+/t18-/m0/s1. The highest BCUT2D eigenvalue weighted by Crippen LogP contribution is 2.23. The van der Waals surface area contributed by atoms with E-state index in [0.29, 0.717) is 17.7 Å². The van der Waals surface area contributed by atoms with Crippen LogP contribution >= 0.6 is 11.8 Å². The van der Waals surface area contributed by atoms with Crippen molar-refractivity contribution in [2.24, 2.45) is 0 Å². The summed E-state index contributed by atoms with van der Waals surface area (Å²) in [5.74, 6) is 0.214. The molecule has 0 saturated carbocycles. The van der Waals surface area contributed by atoms with E-state index in [4.69, 9.17) is 4.74 Å². The molecule has 136 valence electrons. The van der Waals surface area contributed by atoms with Gasteiger partial charge in [0, 0.05) is 5.57 Å². The number of carbonyl (C=O) groups excluding carboxylic acids is 3. The van der Waals surface area contributed by atoms with Crippen molar-refractivity contribution in [3.05, 3.63) is 65.8 Å². The molecule has 1 aliphatic rings. The average molecular weight is 371 g/mol. The number of thioether (sulfide) groups is 1. The van der Waals surface area contributed by atoms with Gasteiger partial charge in [-0.3, -0.25) is 19.7 Å². The highest BCUT2D eigenvalue weighted by atomic mass is 32.2. The minimum Gasteiger partial charge on any atom is -0.485 e. The van der Waals surface area contributed by atoms with Crippen molar-refractivity contribution in [1.82, 2.24) is 5.32 Å². The number of nitrogens with one attached hydrogen (secondary N) is 1. The van der Waals surface area contributed by atoms with Crippen LogP contribution in [0.3, 0.4) is 0 Å². The van der Waals surface area contributed by atoms with Crippen LogP contribution in [-0.2, 0) is 16.0 Å². The zero-order chi connectivity index (χ0) is 18.9. The van der Waals surface area contributed by atoms with Gasteiger partial charge in [-0.1, -0.05) is 54.3 Å². The number of ketones is 1. The van der Waals surface area contributed by atoms with Crippen molar-refractivity contribution < 1.29 is 19.1 Å². The SMILES string of the molecule is C\C=C/C=C(\C=C/C)C(=O)COc1ccc(C[C@@H]2SC(=O)NC2=O)cc1. The molecule has 1 atom stereocenters. The highest BCUT2D eigenvalue weighted by molar-refractivity contribution is 8.15. The predicted molar refractivity (Wildman–Crippen MR) is 103 cm³/mol. The van der Waals surface area contributed by atoms with Crippen molar-refractivity contribution in [3.8, 4) is 5.75 Å². The zero-order valence-corrected chi connectivity index (χ0v) is 15.5. The molecule has 0 unspecified atom stereocenters. The van der Waals surface area contributed by atoms with Crippen LogP contribution < -0.4 is 10.1 Å². The summed E-state index contributed by atoms with van der Waals surface area (Å²) in [6.45, 7) is 3.69. The molecule has 1 saturated heterocycles. The summed E-state index contributed by atoms with van der Waals surface area (Å²) in [6, 6.07) is 7.18. The van der Waals surface area contributed by atoms with Crippen molar-refractivity contribution in [3.63, 3.8) is 0 Å². The molecule has 1 N–H and O–H groups in total. The van der Waals surface area contributed by atoms with Crippen molar-refractivity contribution >= 4 is 28.7 Å². The van der Waals surface area contributed by atoms with E-state index in [1.807, 2.05) is 44.2 Å². The Hall–Kier alpha value is -2.60. The number of Topliss-reactive ketones (excluding diaryl/α,β-unsaturated/α-hetero) is 1. The number of imide groups is 1. The number of carbonyl (C=O) groups is 3. The first-order valence-electron chi connectivity index (χ1n) is 8.25. The Morgan fingerprint density at radius 1 is 1.19 bits per heavy atom. The van der Waals surface area contributed by atoms with E-state index < -0.39 is 5.25 Å². The fourth-order valence-corrected chi connectivity index (χ4v) is 3.18. The average Bonchev–Trinajstić information content (AvgIpc) is 2.94. The van der Waals surface area contributed by atoms with Gasteiger partial charge in [-0.05, 0) is 38.0 Å². The fourth-order valence-electron chi connectivity index (χ4n) is 2.32. The predicted octanol–water partition coefficient (Wildman–Crippen LogP) is 3.61. The molecular weight excluding hydrogens is 350 g/mol. The molecule has 1 aromatic rings. The summed E-state index contributed by atoms with van der Waals surface area (Å²) in [5, 5.41) is 1.58. The monoisotopic (exact) mass is 371 g/mol. The van der Waals surface area contributed by atoms with E-state index >= 15 is 0 Å². The molecule has 26 heavy (non-hydrogen) atoms. The molecule has 1 fully saturated rings. The molecule has 6 heteroatoms. The van der Waals surface area contributed by atoms with E-state index in [1.54, 1.807) is 24.3 Å². The van der Waals surface area contributed by atoms with Crippen LogP contribution in [0.4, 0.5) is 4.79 Å². The van der Waals surface area contributed by atoms with E-state index in [9.17, 15) is 14.4 Å². The minimum absolute atomic E-state index is 0.0531. The van der Waals surface area contributed by atoms with Crippen LogP contribution in [0.25, 0.3) is 0 Å². The number of rotatable bonds is 8. The molecule has 5 nitrogen and oxygen atoms in total. The Balaban J connectivity index is 1.91. The maximum Gasteiger partial charge on any atom is 0.286 e. The normalized spacial score (nSPS) is 17.9. The van der Waals surface area contributed by atoms with Crippen LogP contribution in [0.5, 0.6) is 5.75 Å². The quantitative estimate of drug-likeness (QED) is 0.558. The van der Waals surface area contributed by atoms with Gasteiger partial charge in [0.15, 0.2) is 12.4 Å². The maximum atomic E-state index is 12.2. The van der Waals surface area contributed by atoms with Gasteiger partial charge < -0.3 is 4.74 Å². The van der Waals surface area contributed by atoms with Gasteiger partial charge in [-0.15, -0.1) is 0 Å². The first kappa shape index (κ1) is 19.7. The lowest BCUT2D eigenvalue weighted by Gasteiger charge is -2.08. The second-order valence-electron chi connectivity index (χ2n) is 5.59. The highest BCUT2D eigenvalue weighted by Gasteiger charge is 2.31. The topological polar surface area (TPSA) is 72.5 Å². The van der Waals surface area contributed by atoms with Gasteiger partial charge in [-0.25, -0.2) is 0 Å². The third-order valence-corrected chi connectivity index (χ3v) is 4.60. The second-order valence-corrected chi connectivity index (χ2v) is 6.77. The minimum atomic E-state index is -0.393. The molecule has 0 radical (unpaired) electrons. The number of allylic oxidation sites excluding steroid dienone is 5. The molecule has 1 aromatic carbocycles. The smallest absolute Gasteiger partial charge is 0.286 e. The Morgan fingerprint density at radius 3 is 2.50 bits per heavy atom. The molecule has 0 spiro atoms. The molecule has 0 aromatic heterocycles. The van der Waals surface area contributed by atoms with E-state index in [0.717, 1.165) is 17.3 Å². The molecule has 2 amide bonds. The van der Waals surface area contributed by atoms with Crippen molar-refractivity contribution in [1.29, 1.82) is 0 Å². The van der Waals surface area contributed by atoms with Gasteiger partial charge in [0.2, 0.25) is 5.91 Å². The summed E-state index contributed by atoms with van der Waals surface area (Å²) < 4.78 is 5.55. The molecule has 1 aliphatic heterocycles. The van der Waals surface area contributed by atoms with Crippen molar-refractivity contribution in [2.45, 2.75) is 25.5 Å². The number of amides is 2.